The molecule has 21 heavy (non-hydrogen) atoms. The molecule has 2 N–H and O–H groups in total. The predicted octanol–water partition coefficient (Wildman–Crippen LogP) is 3.60. The second kappa shape index (κ2) is 7.88. The molecule has 0 aliphatic carbocycles. The van der Waals surface area contributed by atoms with Crippen LogP contribution in [0.4, 0.5) is 11.6 Å². The van der Waals surface area contributed by atoms with Crippen LogP contribution in [-0.2, 0) is 0 Å². The molecular weight excluding hydrogens is 280 g/mol. The Morgan fingerprint density at radius 1 is 1.14 bits per heavy atom. The Balaban J connectivity index is 2.18. The zero-order chi connectivity index (χ0) is 15.1. The summed E-state index contributed by atoms with van der Waals surface area (Å²) in [7, 11) is 1.87. The lowest BCUT2D eigenvalue weighted by Gasteiger charge is -2.13. The Hall–Kier alpha value is -1.75. The van der Waals surface area contributed by atoms with Crippen molar-refractivity contribution in [2.45, 2.75) is 6.92 Å². The van der Waals surface area contributed by atoms with Gasteiger partial charge < -0.3 is 10.6 Å². The summed E-state index contributed by atoms with van der Waals surface area (Å²) in [5, 5.41) is 6.50. The van der Waals surface area contributed by atoms with Gasteiger partial charge in [0.15, 0.2) is 5.82 Å². The van der Waals surface area contributed by atoms with E-state index in [1.165, 1.54) is 0 Å². The standard InChI is InChI=1S/C16H22N4S/c1-12(11-21-3)10-18-15-9-14(17-2)19-16(20-15)13-7-5-4-6-8-13/h4-9,12H,10-11H2,1-3H3,(H2,17,18,19,20). The van der Waals surface area contributed by atoms with Crippen molar-refractivity contribution in [1.29, 1.82) is 0 Å². The van der Waals surface area contributed by atoms with Crippen LogP contribution in [0.2, 0.25) is 0 Å². The molecule has 0 amide bonds. The lowest BCUT2D eigenvalue weighted by atomic mass is 10.2. The number of aromatic nitrogens is 2. The van der Waals surface area contributed by atoms with Crippen molar-refractivity contribution in [3.8, 4) is 11.4 Å². The van der Waals surface area contributed by atoms with E-state index < -0.39 is 0 Å². The van der Waals surface area contributed by atoms with Crippen LogP contribution in [0, 0.1) is 5.92 Å². The van der Waals surface area contributed by atoms with Gasteiger partial charge in [0.05, 0.1) is 0 Å². The first-order valence-corrected chi connectivity index (χ1v) is 8.47. The molecule has 1 atom stereocenters. The number of anilines is 2. The SMILES string of the molecule is CNc1cc(NCC(C)CSC)nc(-c2ccccc2)n1. The number of benzene rings is 1. The fourth-order valence-corrected chi connectivity index (χ4v) is 2.69. The van der Waals surface area contributed by atoms with Crippen molar-refractivity contribution >= 4 is 23.4 Å². The first-order chi connectivity index (χ1) is 10.2. The molecule has 1 heterocycles. The Labute approximate surface area is 130 Å². The molecule has 0 aliphatic heterocycles. The zero-order valence-corrected chi connectivity index (χ0v) is 13.6. The van der Waals surface area contributed by atoms with Crippen LogP contribution in [0.25, 0.3) is 11.4 Å². The van der Waals surface area contributed by atoms with Crippen molar-refractivity contribution in [2.24, 2.45) is 5.92 Å². The van der Waals surface area contributed by atoms with Gasteiger partial charge in [0.1, 0.15) is 11.6 Å². The lowest BCUT2D eigenvalue weighted by molar-refractivity contribution is 0.699. The van der Waals surface area contributed by atoms with E-state index in [0.29, 0.717) is 5.92 Å². The Morgan fingerprint density at radius 2 is 1.86 bits per heavy atom. The van der Waals surface area contributed by atoms with Gasteiger partial charge in [-0.2, -0.15) is 11.8 Å². The number of thioether (sulfide) groups is 1. The average molecular weight is 302 g/mol. The van der Waals surface area contributed by atoms with Gasteiger partial charge in [-0.05, 0) is 17.9 Å². The maximum absolute atomic E-state index is 4.61. The maximum atomic E-state index is 4.61. The van der Waals surface area contributed by atoms with Crippen LogP contribution in [-0.4, -0.2) is 35.6 Å². The number of rotatable bonds is 7. The fourth-order valence-electron chi connectivity index (χ4n) is 2.00. The largest absolute Gasteiger partial charge is 0.373 e. The van der Waals surface area contributed by atoms with Crippen LogP contribution in [0.3, 0.4) is 0 Å². The van der Waals surface area contributed by atoms with Gasteiger partial charge in [-0.1, -0.05) is 37.3 Å². The molecule has 5 heteroatoms. The van der Waals surface area contributed by atoms with E-state index in [4.69, 9.17) is 0 Å². The minimum absolute atomic E-state index is 0.605. The van der Waals surface area contributed by atoms with Gasteiger partial charge in [0, 0.05) is 25.2 Å². The molecule has 0 radical (unpaired) electrons. The van der Waals surface area contributed by atoms with Gasteiger partial charge in [0.25, 0.3) is 0 Å². The first-order valence-electron chi connectivity index (χ1n) is 7.08. The molecule has 0 bridgehead atoms. The number of nitrogens with zero attached hydrogens (tertiary/aromatic N) is 2. The van der Waals surface area contributed by atoms with Crippen molar-refractivity contribution in [3.63, 3.8) is 0 Å². The molecule has 2 aromatic rings. The first kappa shape index (κ1) is 15.6. The van der Waals surface area contributed by atoms with E-state index in [-0.39, 0.29) is 0 Å². The minimum atomic E-state index is 0.605. The van der Waals surface area contributed by atoms with Gasteiger partial charge >= 0.3 is 0 Å². The molecule has 0 spiro atoms. The highest BCUT2D eigenvalue weighted by atomic mass is 32.2. The summed E-state index contributed by atoms with van der Waals surface area (Å²) in [6.45, 7) is 3.15. The van der Waals surface area contributed by atoms with Crippen molar-refractivity contribution < 1.29 is 0 Å². The highest BCUT2D eigenvalue weighted by Gasteiger charge is 2.07. The topological polar surface area (TPSA) is 49.8 Å². The van der Waals surface area contributed by atoms with E-state index in [0.717, 1.165) is 35.3 Å². The summed E-state index contributed by atoms with van der Waals surface area (Å²) in [6.07, 6.45) is 2.13. The molecular formula is C16H22N4S. The Morgan fingerprint density at radius 3 is 2.52 bits per heavy atom. The van der Waals surface area contributed by atoms with Crippen LogP contribution in [0.1, 0.15) is 6.92 Å². The van der Waals surface area contributed by atoms with E-state index in [1.54, 1.807) is 0 Å². The third kappa shape index (κ3) is 4.63. The zero-order valence-electron chi connectivity index (χ0n) is 12.8. The fraction of sp³-hybridized carbons (Fsp3) is 0.375. The quantitative estimate of drug-likeness (QED) is 0.818. The number of hydrogen-bond donors (Lipinski definition) is 2. The van der Waals surface area contributed by atoms with Gasteiger partial charge in [-0.3, -0.25) is 0 Å². The van der Waals surface area contributed by atoms with E-state index in [1.807, 2.05) is 55.2 Å². The average Bonchev–Trinajstić information content (AvgIpc) is 2.54. The smallest absolute Gasteiger partial charge is 0.163 e. The predicted molar refractivity (Wildman–Crippen MR) is 93.1 cm³/mol. The lowest BCUT2D eigenvalue weighted by Crippen LogP contribution is -2.14. The maximum Gasteiger partial charge on any atom is 0.163 e. The summed E-state index contributed by atoms with van der Waals surface area (Å²) in [5.41, 5.74) is 1.02. The second-order valence-corrected chi connectivity index (χ2v) is 5.93. The molecule has 0 fully saturated rings. The Bertz CT molecular complexity index is 559. The van der Waals surface area contributed by atoms with E-state index >= 15 is 0 Å². The number of hydrogen-bond acceptors (Lipinski definition) is 5. The normalized spacial score (nSPS) is 12.0. The highest BCUT2D eigenvalue weighted by molar-refractivity contribution is 7.98. The summed E-state index contributed by atoms with van der Waals surface area (Å²) in [6, 6.07) is 12.0. The van der Waals surface area contributed by atoms with Gasteiger partial charge in [-0.15, -0.1) is 0 Å². The van der Waals surface area contributed by atoms with Crippen LogP contribution in [0.15, 0.2) is 36.4 Å². The molecule has 2 rings (SSSR count). The molecule has 112 valence electrons. The van der Waals surface area contributed by atoms with Crippen LogP contribution >= 0.6 is 11.8 Å². The van der Waals surface area contributed by atoms with Crippen LogP contribution in [0.5, 0.6) is 0 Å². The molecule has 0 aliphatic rings. The third-order valence-electron chi connectivity index (χ3n) is 3.10. The summed E-state index contributed by atoms with van der Waals surface area (Å²) in [4.78, 5) is 9.13. The van der Waals surface area contributed by atoms with Crippen molar-refractivity contribution in [3.05, 3.63) is 36.4 Å². The van der Waals surface area contributed by atoms with Crippen molar-refractivity contribution in [1.82, 2.24) is 9.97 Å². The molecule has 0 saturated carbocycles. The third-order valence-corrected chi connectivity index (χ3v) is 4.00. The van der Waals surface area contributed by atoms with E-state index in [2.05, 4.69) is 33.8 Å². The van der Waals surface area contributed by atoms with Crippen molar-refractivity contribution in [2.75, 3.05) is 36.2 Å². The number of nitrogens with one attached hydrogen (secondary N) is 2. The Kier molecular flexibility index (Phi) is 5.87. The molecule has 4 nitrogen and oxygen atoms in total. The van der Waals surface area contributed by atoms with Crippen LogP contribution < -0.4 is 10.6 Å². The molecule has 1 aromatic carbocycles. The van der Waals surface area contributed by atoms with Gasteiger partial charge in [0.2, 0.25) is 0 Å². The highest BCUT2D eigenvalue weighted by Crippen LogP contribution is 2.20. The van der Waals surface area contributed by atoms with E-state index in [9.17, 15) is 0 Å². The molecule has 0 saturated heterocycles. The summed E-state index contributed by atoms with van der Waals surface area (Å²) < 4.78 is 0. The molecule has 1 aromatic heterocycles. The minimum Gasteiger partial charge on any atom is -0.373 e. The second-order valence-electron chi connectivity index (χ2n) is 5.02. The summed E-state index contributed by atoms with van der Waals surface area (Å²) in [5.74, 6) is 4.17. The monoisotopic (exact) mass is 302 g/mol. The summed E-state index contributed by atoms with van der Waals surface area (Å²) >= 11 is 1.87. The molecule has 1 unspecified atom stereocenters. The van der Waals surface area contributed by atoms with Gasteiger partial charge in [-0.25, -0.2) is 9.97 Å².